The average Bonchev–Trinajstić information content (AvgIpc) is 2.82. The molecule has 0 aliphatic rings. The quantitative estimate of drug-likeness (QED) is 0.598. The minimum absolute atomic E-state index is 0.667. The second kappa shape index (κ2) is 6.46. The van der Waals surface area contributed by atoms with Crippen molar-refractivity contribution in [3.05, 3.63) is 29.8 Å². The third-order valence-electron chi connectivity index (χ3n) is 3.22. The number of nitrogens with zero attached hydrogens (tertiary/aromatic N) is 1. The first-order valence-corrected chi connectivity index (χ1v) is 7.07. The molecule has 0 radical (unpaired) electrons. The number of aromatic nitrogens is 1. The van der Waals surface area contributed by atoms with E-state index in [1.54, 1.807) is 7.11 Å². The van der Waals surface area contributed by atoms with Gasteiger partial charge in [0.05, 0.1) is 25.9 Å². The Labute approximate surface area is 119 Å². The van der Waals surface area contributed by atoms with Crippen LogP contribution < -0.4 is 9.30 Å². The predicted molar refractivity (Wildman–Crippen MR) is 78.5 cm³/mol. The van der Waals surface area contributed by atoms with Crippen molar-refractivity contribution in [3.63, 3.8) is 0 Å². The van der Waals surface area contributed by atoms with Gasteiger partial charge in [0.25, 0.3) is 5.52 Å². The van der Waals surface area contributed by atoms with Crippen LogP contribution in [0.3, 0.4) is 0 Å². The highest BCUT2D eigenvalue weighted by atomic mass is 16.5. The fraction of sp³-hybridized carbons (Fsp3) is 0.438. The van der Waals surface area contributed by atoms with E-state index in [2.05, 4.69) is 18.4 Å². The van der Waals surface area contributed by atoms with Gasteiger partial charge in [-0.15, -0.1) is 0 Å². The standard InChI is InChI=1S/C16H22NO3/c1-5-12(19-7-3)11-16-17(6-2)14-10-13(18-4)8-9-15(14)20-16/h8-11H,5-7H2,1-4H3/q+1. The molecule has 0 aliphatic heterocycles. The zero-order chi connectivity index (χ0) is 14.5. The molecule has 0 fully saturated rings. The number of rotatable bonds is 6. The molecule has 1 heterocycles. The van der Waals surface area contributed by atoms with E-state index in [1.165, 1.54) is 0 Å². The third-order valence-corrected chi connectivity index (χ3v) is 3.22. The largest absolute Gasteiger partial charge is 0.498 e. The smallest absolute Gasteiger partial charge is 0.377 e. The molecule has 2 aromatic rings. The Bertz CT molecular complexity index is 613. The van der Waals surface area contributed by atoms with E-state index in [9.17, 15) is 0 Å². The van der Waals surface area contributed by atoms with Crippen molar-refractivity contribution in [1.82, 2.24) is 0 Å². The van der Waals surface area contributed by atoms with Gasteiger partial charge in [-0.3, -0.25) is 0 Å². The fourth-order valence-corrected chi connectivity index (χ4v) is 2.21. The highest BCUT2D eigenvalue weighted by Gasteiger charge is 2.20. The van der Waals surface area contributed by atoms with Crippen LogP contribution in [-0.4, -0.2) is 13.7 Å². The van der Waals surface area contributed by atoms with E-state index in [1.807, 2.05) is 31.2 Å². The number of oxazole rings is 1. The molecule has 0 atom stereocenters. The van der Waals surface area contributed by atoms with Gasteiger partial charge in [-0.1, -0.05) is 6.92 Å². The summed E-state index contributed by atoms with van der Waals surface area (Å²) in [6.45, 7) is 7.65. The first-order chi connectivity index (χ1) is 9.73. The molecule has 0 spiro atoms. The molecule has 2 rings (SSSR count). The van der Waals surface area contributed by atoms with Crippen molar-refractivity contribution in [1.29, 1.82) is 0 Å². The molecule has 108 valence electrons. The number of hydrogen-bond donors (Lipinski definition) is 0. The molecule has 0 saturated carbocycles. The van der Waals surface area contributed by atoms with E-state index in [0.29, 0.717) is 6.61 Å². The molecular formula is C16H22NO3+. The van der Waals surface area contributed by atoms with Crippen LogP contribution in [0, 0.1) is 0 Å². The second-order valence-electron chi connectivity index (χ2n) is 4.42. The molecule has 0 bridgehead atoms. The van der Waals surface area contributed by atoms with Crippen molar-refractivity contribution in [3.8, 4) is 5.75 Å². The molecule has 0 unspecified atom stereocenters. The van der Waals surface area contributed by atoms with Crippen LogP contribution in [0.1, 0.15) is 33.1 Å². The highest BCUT2D eigenvalue weighted by molar-refractivity contribution is 5.72. The van der Waals surface area contributed by atoms with E-state index in [4.69, 9.17) is 13.9 Å². The Hall–Kier alpha value is -1.97. The molecule has 4 nitrogen and oxygen atoms in total. The number of fused-ring (bicyclic) bond motifs is 1. The number of methoxy groups -OCH3 is 1. The SMILES string of the molecule is CCOC(=Cc1oc2ccc(OC)cc2[n+]1CC)CC. The van der Waals surface area contributed by atoms with Crippen LogP contribution in [0.2, 0.25) is 0 Å². The summed E-state index contributed by atoms with van der Waals surface area (Å²) in [4.78, 5) is 0. The maximum Gasteiger partial charge on any atom is 0.377 e. The average molecular weight is 276 g/mol. The molecule has 0 N–H and O–H groups in total. The van der Waals surface area contributed by atoms with Crippen molar-refractivity contribution in [2.75, 3.05) is 13.7 Å². The fourth-order valence-electron chi connectivity index (χ4n) is 2.21. The zero-order valence-electron chi connectivity index (χ0n) is 12.6. The van der Waals surface area contributed by atoms with Crippen LogP contribution in [0.4, 0.5) is 0 Å². The Morgan fingerprint density at radius 1 is 1.30 bits per heavy atom. The van der Waals surface area contributed by atoms with Crippen LogP contribution >= 0.6 is 0 Å². The van der Waals surface area contributed by atoms with Gasteiger partial charge < -0.3 is 13.9 Å². The van der Waals surface area contributed by atoms with Gasteiger partial charge >= 0.3 is 5.89 Å². The maximum absolute atomic E-state index is 5.92. The minimum Gasteiger partial charge on any atom is -0.498 e. The lowest BCUT2D eigenvalue weighted by Gasteiger charge is -2.03. The highest BCUT2D eigenvalue weighted by Crippen LogP contribution is 2.21. The Morgan fingerprint density at radius 3 is 2.70 bits per heavy atom. The summed E-state index contributed by atoms with van der Waals surface area (Å²) in [5.74, 6) is 2.57. The van der Waals surface area contributed by atoms with Gasteiger partial charge in [-0.2, -0.15) is 4.57 Å². The van der Waals surface area contributed by atoms with Gasteiger partial charge in [0.15, 0.2) is 0 Å². The molecule has 0 aliphatic carbocycles. The van der Waals surface area contributed by atoms with Gasteiger partial charge in [0, 0.05) is 6.42 Å². The number of hydrogen-bond acceptors (Lipinski definition) is 3. The van der Waals surface area contributed by atoms with Crippen LogP contribution in [0.5, 0.6) is 5.75 Å². The zero-order valence-corrected chi connectivity index (χ0v) is 12.6. The number of aryl methyl sites for hydroxylation is 1. The van der Waals surface area contributed by atoms with Crippen molar-refractivity contribution >= 4 is 17.2 Å². The molecule has 1 aromatic carbocycles. The van der Waals surface area contributed by atoms with Crippen molar-refractivity contribution < 1.29 is 18.5 Å². The van der Waals surface area contributed by atoms with E-state index < -0.39 is 0 Å². The van der Waals surface area contributed by atoms with Gasteiger partial charge in [0.1, 0.15) is 18.1 Å². The van der Waals surface area contributed by atoms with Crippen LogP contribution in [0.25, 0.3) is 17.2 Å². The van der Waals surface area contributed by atoms with Gasteiger partial charge in [0.2, 0.25) is 5.58 Å². The lowest BCUT2D eigenvalue weighted by molar-refractivity contribution is -0.674. The summed E-state index contributed by atoms with van der Waals surface area (Å²) in [7, 11) is 1.67. The summed E-state index contributed by atoms with van der Waals surface area (Å²) in [5, 5.41) is 0. The van der Waals surface area contributed by atoms with E-state index >= 15 is 0 Å². The Balaban J connectivity index is 2.53. The topological polar surface area (TPSA) is 35.5 Å². The summed E-state index contributed by atoms with van der Waals surface area (Å²) in [5.41, 5.74) is 1.89. The summed E-state index contributed by atoms with van der Waals surface area (Å²) in [6.07, 6.45) is 2.82. The molecular weight excluding hydrogens is 254 g/mol. The first kappa shape index (κ1) is 14.4. The van der Waals surface area contributed by atoms with E-state index in [0.717, 1.165) is 41.5 Å². The Morgan fingerprint density at radius 2 is 2.10 bits per heavy atom. The molecule has 0 saturated heterocycles. The molecule has 4 heteroatoms. The molecule has 0 amide bonds. The van der Waals surface area contributed by atoms with E-state index in [-0.39, 0.29) is 0 Å². The summed E-state index contributed by atoms with van der Waals surface area (Å²) < 4.78 is 18.9. The monoisotopic (exact) mass is 276 g/mol. The maximum atomic E-state index is 5.92. The lowest BCUT2D eigenvalue weighted by atomic mass is 10.3. The predicted octanol–water partition coefficient (Wildman–Crippen LogP) is 3.54. The summed E-state index contributed by atoms with van der Waals surface area (Å²) >= 11 is 0. The second-order valence-corrected chi connectivity index (χ2v) is 4.42. The van der Waals surface area contributed by atoms with Gasteiger partial charge in [-0.25, -0.2) is 0 Å². The third kappa shape index (κ3) is 2.79. The lowest BCUT2D eigenvalue weighted by Crippen LogP contribution is -2.33. The van der Waals surface area contributed by atoms with Gasteiger partial charge in [-0.05, 0) is 26.0 Å². The number of allylic oxidation sites excluding steroid dienone is 1. The normalized spacial score (nSPS) is 11.9. The minimum atomic E-state index is 0.667. The Kier molecular flexibility index (Phi) is 4.66. The first-order valence-electron chi connectivity index (χ1n) is 7.07. The molecule has 1 aromatic heterocycles. The number of benzene rings is 1. The van der Waals surface area contributed by atoms with Crippen LogP contribution in [-0.2, 0) is 11.3 Å². The van der Waals surface area contributed by atoms with Crippen molar-refractivity contribution in [2.45, 2.75) is 33.7 Å². The van der Waals surface area contributed by atoms with Crippen LogP contribution in [0.15, 0.2) is 28.4 Å². The summed E-state index contributed by atoms with van der Waals surface area (Å²) in [6, 6.07) is 5.83. The number of ether oxygens (including phenoxy) is 2. The molecule has 20 heavy (non-hydrogen) atoms. The van der Waals surface area contributed by atoms with Crippen molar-refractivity contribution in [2.24, 2.45) is 0 Å².